The van der Waals surface area contributed by atoms with Crippen LogP contribution in [0.4, 0.5) is 0 Å². The number of amidine groups is 2. The molecule has 20 heavy (non-hydrogen) atoms. The molecule has 0 saturated heterocycles. The van der Waals surface area contributed by atoms with Crippen LogP contribution in [0.25, 0.3) is 0 Å². The molecule has 0 aromatic carbocycles. The first-order valence-electron chi connectivity index (χ1n) is 5.46. The molecule has 0 radical (unpaired) electrons. The molecule has 2 aromatic heterocycles. The minimum Gasteiger partial charge on any atom is -0.506 e. The van der Waals surface area contributed by atoms with E-state index in [-0.39, 0.29) is 34.6 Å². The Hall–Kier alpha value is -3.16. The van der Waals surface area contributed by atoms with Crippen molar-refractivity contribution in [1.82, 2.24) is 9.97 Å². The van der Waals surface area contributed by atoms with Crippen molar-refractivity contribution >= 4 is 11.7 Å². The van der Waals surface area contributed by atoms with E-state index in [4.69, 9.17) is 21.0 Å². The maximum absolute atomic E-state index is 9.08. The first-order chi connectivity index (χ1) is 9.56. The quantitative estimate of drug-likeness (QED) is 0.374. The minimum atomic E-state index is -0.242. The molecule has 0 unspecified atom stereocenters. The van der Waals surface area contributed by atoms with E-state index < -0.39 is 0 Å². The monoisotopic (exact) mass is 270 g/mol. The average molecular weight is 270 g/mol. The highest BCUT2D eigenvalue weighted by Crippen LogP contribution is 2.09. The SMILES string of the molecule is N=C(/N=N\C(=N)c1ccc(O)cn1)c1ccc(O)cn1. The highest BCUT2D eigenvalue weighted by atomic mass is 16.3. The van der Waals surface area contributed by atoms with Gasteiger partial charge in [-0.3, -0.25) is 10.8 Å². The second kappa shape index (κ2) is 5.65. The lowest BCUT2D eigenvalue weighted by atomic mass is 10.3. The van der Waals surface area contributed by atoms with Crippen molar-refractivity contribution in [3.05, 3.63) is 48.0 Å². The molecule has 0 bridgehead atoms. The van der Waals surface area contributed by atoms with Crippen molar-refractivity contribution in [3.63, 3.8) is 0 Å². The third-order valence-corrected chi connectivity index (χ3v) is 2.23. The van der Waals surface area contributed by atoms with Crippen LogP contribution in [0.1, 0.15) is 11.4 Å². The van der Waals surface area contributed by atoms with Gasteiger partial charge in [-0.15, -0.1) is 10.2 Å². The largest absolute Gasteiger partial charge is 0.506 e. The Morgan fingerprint density at radius 3 is 1.50 bits per heavy atom. The molecule has 100 valence electrons. The van der Waals surface area contributed by atoms with Gasteiger partial charge in [0.15, 0.2) is 11.7 Å². The molecule has 2 heterocycles. The number of rotatable bonds is 2. The van der Waals surface area contributed by atoms with Gasteiger partial charge in [0.1, 0.15) is 22.9 Å². The van der Waals surface area contributed by atoms with Gasteiger partial charge in [0, 0.05) is 0 Å². The Labute approximate surface area is 113 Å². The van der Waals surface area contributed by atoms with E-state index in [1.54, 1.807) is 0 Å². The molecule has 0 fully saturated rings. The van der Waals surface area contributed by atoms with Crippen LogP contribution in [0.3, 0.4) is 0 Å². The molecule has 0 aliphatic rings. The first-order valence-corrected chi connectivity index (χ1v) is 5.46. The van der Waals surface area contributed by atoms with Crippen molar-refractivity contribution < 1.29 is 10.2 Å². The summed E-state index contributed by atoms with van der Waals surface area (Å²) in [6.45, 7) is 0. The Morgan fingerprint density at radius 1 is 0.800 bits per heavy atom. The van der Waals surface area contributed by atoms with E-state index >= 15 is 0 Å². The molecule has 0 aliphatic heterocycles. The van der Waals surface area contributed by atoms with Crippen LogP contribution in [0.15, 0.2) is 46.9 Å². The Balaban J connectivity index is 2.09. The molecule has 0 aliphatic carbocycles. The molecule has 0 atom stereocenters. The Bertz CT molecular complexity index is 604. The van der Waals surface area contributed by atoms with E-state index in [0.29, 0.717) is 0 Å². The lowest BCUT2D eigenvalue weighted by Crippen LogP contribution is -2.01. The number of nitrogens with one attached hydrogen (secondary N) is 2. The van der Waals surface area contributed by atoms with Gasteiger partial charge in [-0.2, -0.15) is 0 Å². The standard InChI is InChI=1S/C12H10N6O2/c13-11(9-3-1-7(19)5-15-9)17-18-12(14)10-4-2-8(20)6-16-10/h1-6,13-14,19-20H/b13-11?,14-12?,18-17-. The van der Waals surface area contributed by atoms with Gasteiger partial charge in [0.05, 0.1) is 12.4 Å². The Kier molecular flexibility index (Phi) is 3.75. The Morgan fingerprint density at radius 2 is 1.20 bits per heavy atom. The third kappa shape index (κ3) is 3.19. The maximum atomic E-state index is 9.08. The zero-order chi connectivity index (χ0) is 14.5. The second-order valence-corrected chi connectivity index (χ2v) is 3.70. The van der Waals surface area contributed by atoms with Crippen LogP contribution in [-0.2, 0) is 0 Å². The number of aromatic nitrogens is 2. The van der Waals surface area contributed by atoms with Gasteiger partial charge in [-0.1, -0.05) is 0 Å². The van der Waals surface area contributed by atoms with Crippen molar-refractivity contribution in [3.8, 4) is 11.5 Å². The van der Waals surface area contributed by atoms with Gasteiger partial charge in [0.25, 0.3) is 0 Å². The summed E-state index contributed by atoms with van der Waals surface area (Å²) >= 11 is 0. The fourth-order valence-corrected chi connectivity index (χ4v) is 1.25. The molecular formula is C12H10N6O2. The van der Waals surface area contributed by atoms with Crippen LogP contribution in [0.2, 0.25) is 0 Å². The zero-order valence-electron chi connectivity index (χ0n) is 10.1. The topological polar surface area (TPSA) is 139 Å². The van der Waals surface area contributed by atoms with Gasteiger partial charge in [0.2, 0.25) is 0 Å². The summed E-state index contributed by atoms with van der Waals surface area (Å²) in [4.78, 5) is 7.59. The van der Waals surface area contributed by atoms with Crippen LogP contribution in [0, 0.1) is 10.8 Å². The van der Waals surface area contributed by atoms with Gasteiger partial charge in [-0.05, 0) is 24.3 Å². The molecule has 4 N–H and O–H groups in total. The summed E-state index contributed by atoms with van der Waals surface area (Å²) in [6.07, 6.45) is 2.37. The van der Waals surface area contributed by atoms with Gasteiger partial charge < -0.3 is 10.2 Å². The summed E-state index contributed by atoms with van der Waals surface area (Å²) in [6, 6.07) is 5.58. The predicted molar refractivity (Wildman–Crippen MR) is 70.3 cm³/mol. The summed E-state index contributed by atoms with van der Waals surface area (Å²) in [5.41, 5.74) is 0.441. The second-order valence-electron chi connectivity index (χ2n) is 3.70. The van der Waals surface area contributed by atoms with E-state index in [0.717, 1.165) is 0 Å². The van der Waals surface area contributed by atoms with Crippen molar-refractivity contribution in [2.24, 2.45) is 10.2 Å². The number of aromatic hydroxyl groups is 2. The van der Waals surface area contributed by atoms with Crippen LogP contribution in [-0.4, -0.2) is 31.9 Å². The number of hydrogen-bond donors (Lipinski definition) is 4. The normalized spacial score (nSPS) is 10.6. The predicted octanol–water partition coefficient (Wildman–Crippen LogP) is 1.69. The van der Waals surface area contributed by atoms with E-state index in [9.17, 15) is 0 Å². The zero-order valence-corrected chi connectivity index (χ0v) is 10.1. The lowest BCUT2D eigenvalue weighted by Gasteiger charge is -1.98. The molecule has 8 heteroatoms. The third-order valence-electron chi connectivity index (χ3n) is 2.23. The van der Waals surface area contributed by atoms with Gasteiger partial charge in [-0.25, -0.2) is 9.97 Å². The van der Waals surface area contributed by atoms with Crippen molar-refractivity contribution in [2.45, 2.75) is 0 Å². The summed E-state index contributed by atoms with van der Waals surface area (Å²) in [7, 11) is 0. The molecule has 0 spiro atoms. The first kappa shape index (κ1) is 13.3. The van der Waals surface area contributed by atoms with E-state index in [1.165, 1.54) is 36.7 Å². The number of azo groups is 1. The van der Waals surface area contributed by atoms with Crippen LogP contribution < -0.4 is 0 Å². The highest BCUT2D eigenvalue weighted by molar-refractivity contribution is 5.99. The van der Waals surface area contributed by atoms with Crippen LogP contribution in [0.5, 0.6) is 11.5 Å². The van der Waals surface area contributed by atoms with E-state index in [1.807, 2.05) is 0 Å². The fourth-order valence-electron chi connectivity index (χ4n) is 1.25. The minimum absolute atomic E-state index is 0.0143. The summed E-state index contributed by atoms with van der Waals surface area (Å²) < 4.78 is 0. The van der Waals surface area contributed by atoms with Crippen molar-refractivity contribution in [2.75, 3.05) is 0 Å². The summed E-state index contributed by atoms with van der Waals surface area (Å²) in [5, 5.41) is 40.5. The van der Waals surface area contributed by atoms with Crippen LogP contribution >= 0.6 is 0 Å². The molecule has 0 amide bonds. The number of pyridine rings is 2. The highest BCUT2D eigenvalue weighted by Gasteiger charge is 2.04. The number of hydrogen-bond acceptors (Lipinski definition) is 6. The molecule has 2 rings (SSSR count). The van der Waals surface area contributed by atoms with E-state index in [2.05, 4.69) is 20.2 Å². The lowest BCUT2D eigenvalue weighted by molar-refractivity contribution is 0.472. The smallest absolute Gasteiger partial charge is 0.193 e. The summed E-state index contributed by atoms with van der Waals surface area (Å²) in [5.74, 6) is -0.513. The molecular weight excluding hydrogens is 260 g/mol. The van der Waals surface area contributed by atoms with Crippen molar-refractivity contribution in [1.29, 1.82) is 10.8 Å². The molecule has 0 saturated carbocycles. The maximum Gasteiger partial charge on any atom is 0.193 e. The number of nitrogens with zero attached hydrogens (tertiary/aromatic N) is 4. The molecule has 2 aromatic rings. The van der Waals surface area contributed by atoms with Gasteiger partial charge >= 0.3 is 0 Å². The average Bonchev–Trinajstić information content (AvgIpc) is 2.46. The fraction of sp³-hybridized carbons (Fsp3) is 0. The molecule has 8 nitrogen and oxygen atoms in total.